The summed E-state index contributed by atoms with van der Waals surface area (Å²) in [6.45, 7) is 2.91. The average molecular weight is 347 g/mol. The number of nitrogens with one attached hydrogen (secondary N) is 2. The van der Waals surface area contributed by atoms with Crippen molar-refractivity contribution in [3.8, 4) is 6.01 Å². The van der Waals surface area contributed by atoms with Gasteiger partial charge in [0.15, 0.2) is 0 Å². The normalized spacial score (nSPS) is 24.0. The van der Waals surface area contributed by atoms with Gasteiger partial charge in [-0.3, -0.25) is 14.9 Å². The van der Waals surface area contributed by atoms with Crippen molar-refractivity contribution in [3.63, 3.8) is 0 Å². The summed E-state index contributed by atoms with van der Waals surface area (Å²) in [4.78, 5) is 46.0. The SMILES string of the molecule is CC[C@]1(C2CCN(C(=O)c3cnc(OC)nc3)CC2)NC(=O)NC1=O. The molecule has 0 unspecified atom stereocenters. The van der Waals surface area contributed by atoms with Gasteiger partial charge in [0.05, 0.1) is 12.7 Å². The van der Waals surface area contributed by atoms with Gasteiger partial charge in [-0.05, 0) is 25.2 Å². The van der Waals surface area contributed by atoms with Gasteiger partial charge in [-0.15, -0.1) is 0 Å². The fourth-order valence-electron chi connectivity index (χ4n) is 3.62. The molecule has 2 fully saturated rings. The molecule has 4 amide bonds. The van der Waals surface area contributed by atoms with E-state index in [4.69, 9.17) is 4.74 Å². The third kappa shape index (κ3) is 3.01. The number of aromatic nitrogens is 2. The van der Waals surface area contributed by atoms with Gasteiger partial charge in [-0.25, -0.2) is 14.8 Å². The second-order valence-electron chi connectivity index (χ2n) is 6.26. The van der Waals surface area contributed by atoms with E-state index in [-0.39, 0.29) is 23.7 Å². The Morgan fingerprint density at radius 2 is 1.96 bits per heavy atom. The summed E-state index contributed by atoms with van der Waals surface area (Å²) in [6, 6.07) is -0.233. The van der Waals surface area contributed by atoms with Crippen LogP contribution in [0.3, 0.4) is 0 Å². The minimum absolute atomic E-state index is 0.000109. The molecular weight excluding hydrogens is 326 g/mol. The van der Waals surface area contributed by atoms with E-state index in [0.717, 1.165) is 0 Å². The van der Waals surface area contributed by atoms with Gasteiger partial charge in [0.25, 0.3) is 11.8 Å². The summed E-state index contributed by atoms with van der Waals surface area (Å²) in [5.41, 5.74) is -0.466. The number of ether oxygens (including phenoxy) is 1. The number of carbonyl (C=O) groups excluding carboxylic acids is 3. The van der Waals surface area contributed by atoms with Crippen LogP contribution in [0.15, 0.2) is 12.4 Å². The first-order chi connectivity index (χ1) is 12.0. The van der Waals surface area contributed by atoms with Crippen molar-refractivity contribution >= 4 is 17.8 Å². The number of hydrogen-bond donors (Lipinski definition) is 2. The molecule has 0 radical (unpaired) electrons. The first-order valence-corrected chi connectivity index (χ1v) is 8.29. The van der Waals surface area contributed by atoms with Crippen LogP contribution in [0, 0.1) is 5.92 Å². The van der Waals surface area contributed by atoms with Gasteiger partial charge in [0, 0.05) is 25.5 Å². The number of likely N-dealkylation sites (tertiary alicyclic amines) is 1. The fraction of sp³-hybridized carbons (Fsp3) is 0.562. The third-order valence-electron chi connectivity index (χ3n) is 5.06. The quantitative estimate of drug-likeness (QED) is 0.759. The van der Waals surface area contributed by atoms with Crippen LogP contribution in [0.4, 0.5) is 4.79 Å². The van der Waals surface area contributed by atoms with Crippen LogP contribution in [-0.4, -0.2) is 58.5 Å². The standard InChI is InChI=1S/C16H21N5O4/c1-3-16(13(23)19-14(24)20-16)11-4-6-21(7-5-11)12(22)10-8-17-15(25-2)18-9-10/h8-9,11H,3-7H2,1-2H3,(H2,19,20,23,24)/t16-/m1/s1. The summed E-state index contributed by atoms with van der Waals surface area (Å²) in [5, 5.41) is 5.12. The number of nitrogens with zero attached hydrogens (tertiary/aromatic N) is 3. The van der Waals surface area contributed by atoms with Crippen molar-refractivity contribution in [2.45, 2.75) is 31.7 Å². The maximum atomic E-state index is 12.5. The molecule has 9 nitrogen and oxygen atoms in total. The van der Waals surface area contributed by atoms with Crippen molar-refractivity contribution in [2.24, 2.45) is 5.92 Å². The molecule has 2 aliphatic rings. The maximum absolute atomic E-state index is 12.5. The second kappa shape index (κ2) is 6.66. The molecule has 2 saturated heterocycles. The molecule has 3 rings (SSSR count). The molecule has 3 heterocycles. The molecule has 0 saturated carbocycles. The highest BCUT2D eigenvalue weighted by atomic mass is 16.5. The number of urea groups is 1. The summed E-state index contributed by atoms with van der Waals surface area (Å²) in [7, 11) is 1.46. The predicted molar refractivity (Wildman–Crippen MR) is 86.9 cm³/mol. The predicted octanol–water partition coefficient (Wildman–Crippen LogP) is 0.326. The number of rotatable bonds is 4. The molecule has 2 aliphatic heterocycles. The summed E-state index contributed by atoms with van der Waals surface area (Å²) < 4.78 is 4.89. The Balaban J connectivity index is 1.66. The van der Waals surface area contributed by atoms with Crippen LogP contribution in [0.2, 0.25) is 0 Å². The molecule has 0 spiro atoms. The van der Waals surface area contributed by atoms with Crippen LogP contribution in [0.5, 0.6) is 6.01 Å². The van der Waals surface area contributed by atoms with Gasteiger partial charge in [0.2, 0.25) is 0 Å². The third-order valence-corrected chi connectivity index (χ3v) is 5.06. The number of imide groups is 1. The van der Waals surface area contributed by atoms with E-state index in [1.165, 1.54) is 19.5 Å². The van der Waals surface area contributed by atoms with Crippen LogP contribution in [-0.2, 0) is 4.79 Å². The zero-order valence-corrected chi connectivity index (χ0v) is 14.2. The first-order valence-electron chi connectivity index (χ1n) is 8.29. The molecule has 0 aromatic carbocycles. The summed E-state index contributed by atoms with van der Waals surface area (Å²) in [6.07, 6.45) is 4.70. The van der Waals surface area contributed by atoms with Gasteiger partial charge >= 0.3 is 12.0 Å². The Labute approximate surface area is 145 Å². The smallest absolute Gasteiger partial charge is 0.322 e. The van der Waals surface area contributed by atoms with E-state index in [0.29, 0.717) is 37.9 Å². The minimum atomic E-state index is -0.866. The molecule has 9 heteroatoms. The monoisotopic (exact) mass is 347 g/mol. The van der Waals surface area contributed by atoms with Gasteiger partial charge in [0.1, 0.15) is 5.54 Å². The molecule has 134 valence electrons. The Kier molecular flexibility index (Phi) is 4.56. The van der Waals surface area contributed by atoms with Crippen LogP contribution in [0.1, 0.15) is 36.5 Å². The number of methoxy groups -OCH3 is 1. The lowest BCUT2D eigenvalue weighted by molar-refractivity contribution is -0.126. The van der Waals surface area contributed by atoms with Crippen molar-refractivity contribution < 1.29 is 19.1 Å². The van der Waals surface area contributed by atoms with E-state index in [9.17, 15) is 14.4 Å². The molecule has 2 N–H and O–H groups in total. The highest BCUT2D eigenvalue weighted by molar-refractivity contribution is 6.07. The zero-order valence-electron chi connectivity index (χ0n) is 14.2. The highest BCUT2D eigenvalue weighted by Gasteiger charge is 2.51. The van der Waals surface area contributed by atoms with Crippen LogP contribution in [0.25, 0.3) is 0 Å². The summed E-state index contributed by atoms with van der Waals surface area (Å²) >= 11 is 0. The Hall–Kier alpha value is -2.71. The average Bonchev–Trinajstić information content (AvgIpc) is 2.95. The largest absolute Gasteiger partial charge is 0.467 e. The molecule has 25 heavy (non-hydrogen) atoms. The number of piperidine rings is 1. The molecule has 0 aliphatic carbocycles. The minimum Gasteiger partial charge on any atom is -0.467 e. The van der Waals surface area contributed by atoms with Crippen molar-refractivity contribution in [1.29, 1.82) is 0 Å². The lowest BCUT2D eigenvalue weighted by atomic mass is 9.76. The van der Waals surface area contributed by atoms with Crippen molar-refractivity contribution in [3.05, 3.63) is 18.0 Å². The van der Waals surface area contributed by atoms with Crippen LogP contribution < -0.4 is 15.4 Å². The number of amides is 4. The maximum Gasteiger partial charge on any atom is 0.322 e. The Morgan fingerprint density at radius 1 is 1.32 bits per heavy atom. The Bertz CT molecular complexity index is 684. The van der Waals surface area contributed by atoms with E-state index >= 15 is 0 Å². The molecule has 1 atom stereocenters. The summed E-state index contributed by atoms with van der Waals surface area (Å²) in [5.74, 6) is -0.417. The lowest BCUT2D eigenvalue weighted by Crippen LogP contribution is -2.56. The van der Waals surface area contributed by atoms with E-state index < -0.39 is 11.6 Å². The van der Waals surface area contributed by atoms with Crippen molar-refractivity contribution in [1.82, 2.24) is 25.5 Å². The Morgan fingerprint density at radius 3 is 2.44 bits per heavy atom. The fourth-order valence-corrected chi connectivity index (χ4v) is 3.62. The first kappa shape index (κ1) is 17.1. The lowest BCUT2D eigenvalue weighted by Gasteiger charge is -2.40. The van der Waals surface area contributed by atoms with Crippen molar-refractivity contribution in [2.75, 3.05) is 20.2 Å². The number of hydrogen-bond acceptors (Lipinski definition) is 6. The van der Waals surface area contributed by atoms with Gasteiger partial charge in [-0.1, -0.05) is 6.92 Å². The van der Waals surface area contributed by atoms with Gasteiger partial charge < -0.3 is 15.0 Å². The van der Waals surface area contributed by atoms with E-state index in [1.807, 2.05) is 6.92 Å². The molecular formula is C16H21N5O4. The second-order valence-corrected chi connectivity index (χ2v) is 6.26. The zero-order chi connectivity index (χ0) is 18.0. The molecule has 1 aromatic rings. The van der Waals surface area contributed by atoms with Gasteiger partial charge in [-0.2, -0.15) is 0 Å². The highest BCUT2D eigenvalue weighted by Crippen LogP contribution is 2.33. The molecule has 0 bridgehead atoms. The molecule has 1 aromatic heterocycles. The van der Waals surface area contributed by atoms with Crippen LogP contribution >= 0.6 is 0 Å². The topological polar surface area (TPSA) is 114 Å². The van der Waals surface area contributed by atoms with E-state index in [1.54, 1.807) is 4.90 Å². The van der Waals surface area contributed by atoms with E-state index in [2.05, 4.69) is 20.6 Å². The number of carbonyl (C=O) groups is 3.